The van der Waals surface area contributed by atoms with E-state index in [1.165, 1.54) is 16.4 Å². The number of thioether (sulfide) groups is 1. The Balaban J connectivity index is 1.70. The van der Waals surface area contributed by atoms with E-state index in [0.717, 1.165) is 33.3 Å². The summed E-state index contributed by atoms with van der Waals surface area (Å²) in [5, 5.41) is 11.8. The lowest BCUT2D eigenvalue weighted by atomic mass is 10.1. The van der Waals surface area contributed by atoms with E-state index < -0.39 is 0 Å². The lowest BCUT2D eigenvalue weighted by Crippen LogP contribution is -2.18. The van der Waals surface area contributed by atoms with Gasteiger partial charge in [0.1, 0.15) is 0 Å². The molecule has 1 heterocycles. The molecule has 1 aromatic heterocycles. The molecule has 3 N–H and O–H groups in total. The first-order chi connectivity index (χ1) is 13.0. The number of anilines is 1. The van der Waals surface area contributed by atoms with Crippen LogP contribution in [0.15, 0.2) is 52.1 Å². The molecule has 0 bridgehead atoms. The maximum atomic E-state index is 12.4. The summed E-state index contributed by atoms with van der Waals surface area (Å²) in [7, 11) is 0. The molecule has 0 radical (unpaired) electrons. The predicted octanol–water partition coefficient (Wildman–Crippen LogP) is 4.02. The Kier molecular flexibility index (Phi) is 6.18. The summed E-state index contributed by atoms with van der Waals surface area (Å²) in [5.74, 6) is 6.77. The van der Waals surface area contributed by atoms with Crippen molar-refractivity contribution in [3.05, 3.63) is 58.1 Å². The molecule has 0 saturated carbocycles. The number of nitrogens with two attached hydrogens (primary N) is 1. The molecular weight excluding hydrogens is 426 g/mol. The minimum absolute atomic E-state index is 0.102. The number of halogens is 1. The third-order valence-electron chi connectivity index (χ3n) is 4.12. The summed E-state index contributed by atoms with van der Waals surface area (Å²) in [6.07, 6.45) is 0.858. The molecule has 0 fully saturated rings. The molecule has 0 aliphatic rings. The highest BCUT2D eigenvalue weighted by Crippen LogP contribution is 2.28. The molecule has 0 atom stereocenters. The van der Waals surface area contributed by atoms with Gasteiger partial charge in [0, 0.05) is 15.7 Å². The molecule has 0 spiro atoms. The number of para-hydroxylation sites is 1. The van der Waals surface area contributed by atoms with Crippen molar-refractivity contribution in [2.24, 2.45) is 0 Å². The molecule has 2 aromatic carbocycles. The van der Waals surface area contributed by atoms with E-state index in [1.54, 1.807) is 0 Å². The van der Waals surface area contributed by atoms with Crippen LogP contribution >= 0.6 is 27.7 Å². The van der Waals surface area contributed by atoms with Gasteiger partial charge in [0.15, 0.2) is 5.82 Å². The molecule has 8 heteroatoms. The molecule has 27 heavy (non-hydrogen) atoms. The van der Waals surface area contributed by atoms with Gasteiger partial charge >= 0.3 is 0 Å². The van der Waals surface area contributed by atoms with Crippen LogP contribution in [0.2, 0.25) is 0 Å². The Morgan fingerprint density at radius 3 is 2.74 bits per heavy atom. The Labute approximate surface area is 170 Å². The van der Waals surface area contributed by atoms with E-state index in [1.807, 2.05) is 49.4 Å². The van der Waals surface area contributed by atoms with Crippen LogP contribution in [0.4, 0.5) is 5.69 Å². The number of carbonyl (C=O) groups is 1. The summed E-state index contributed by atoms with van der Waals surface area (Å²) in [4.78, 5) is 12.4. The van der Waals surface area contributed by atoms with E-state index in [9.17, 15) is 4.79 Å². The van der Waals surface area contributed by atoms with E-state index in [4.69, 9.17) is 5.84 Å². The molecule has 0 saturated heterocycles. The number of hydrogen-bond acceptors (Lipinski definition) is 5. The highest BCUT2D eigenvalue weighted by molar-refractivity contribution is 9.10. The molecule has 3 rings (SSSR count). The van der Waals surface area contributed by atoms with Crippen molar-refractivity contribution in [3.63, 3.8) is 0 Å². The standard InChI is InChI=1S/C19H20BrN5OS/c1-3-13-8-6-7-12(2)17(13)22-16(26)11-27-19-24-23-18(25(19)21)14-9-4-5-10-15(14)20/h4-10H,3,11,21H2,1-2H3,(H,22,26). The maximum absolute atomic E-state index is 12.4. The number of benzene rings is 2. The van der Waals surface area contributed by atoms with Gasteiger partial charge in [-0.25, -0.2) is 4.68 Å². The van der Waals surface area contributed by atoms with Gasteiger partial charge in [-0.15, -0.1) is 10.2 Å². The first kappa shape index (κ1) is 19.4. The average molecular weight is 446 g/mol. The van der Waals surface area contributed by atoms with Crippen molar-refractivity contribution in [1.29, 1.82) is 0 Å². The van der Waals surface area contributed by atoms with Crippen LogP contribution in [0.1, 0.15) is 18.1 Å². The van der Waals surface area contributed by atoms with Gasteiger partial charge in [-0.1, -0.05) is 64.9 Å². The van der Waals surface area contributed by atoms with Crippen LogP contribution in [0, 0.1) is 6.92 Å². The SMILES string of the molecule is CCc1cccc(C)c1NC(=O)CSc1nnc(-c2ccccc2Br)n1N. The number of nitrogens with zero attached hydrogens (tertiary/aromatic N) is 3. The van der Waals surface area contributed by atoms with E-state index in [2.05, 4.69) is 38.4 Å². The Bertz CT molecular complexity index is 972. The summed E-state index contributed by atoms with van der Waals surface area (Å²) in [5.41, 5.74) is 3.89. The quantitative estimate of drug-likeness (QED) is 0.441. The molecule has 0 aliphatic heterocycles. The number of amides is 1. The molecule has 140 valence electrons. The highest BCUT2D eigenvalue weighted by Gasteiger charge is 2.16. The Morgan fingerprint density at radius 1 is 1.22 bits per heavy atom. The second-order valence-corrected chi connectivity index (χ2v) is 7.75. The van der Waals surface area contributed by atoms with Gasteiger partial charge < -0.3 is 11.2 Å². The molecule has 6 nitrogen and oxygen atoms in total. The Morgan fingerprint density at radius 2 is 2.00 bits per heavy atom. The van der Waals surface area contributed by atoms with E-state index >= 15 is 0 Å². The van der Waals surface area contributed by atoms with Crippen LogP contribution in [-0.4, -0.2) is 26.5 Å². The smallest absolute Gasteiger partial charge is 0.234 e. The second kappa shape index (κ2) is 8.58. The number of nitrogens with one attached hydrogen (secondary N) is 1. The second-order valence-electron chi connectivity index (χ2n) is 5.96. The van der Waals surface area contributed by atoms with Crippen molar-refractivity contribution in [1.82, 2.24) is 14.9 Å². The topological polar surface area (TPSA) is 85.8 Å². The van der Waals surface area contributed by atoms with Crippen molar-refractivity contribution < 1.29 is 4.79 Å². The number of nitrogen functional groups attached to an aromatic ring is 1. The normalized spacial score (nSPS) is 10.8. The predicted molar refractivity (Wildman–Crippen MR) is 113 cm³/mol. The first-order valence-electron chi connectivity index (χ1n) is 8.47. The number of hydrogen-bond donors (Lipinski definition) is 2. The van der Waals surface area contributed by atoms with Gasteiger partial charge in [-0.3, -0.25) is 4.79 Å². The van der Waals surface area contributed by atoms with Gasteiger partial charge in [0.2, 0.25) is 11.1 Å². The highest BCUT2D eigenvalue weighted by atomic mass is 79.9. The van der Waals surface area contributed by atoms with E-state index in [-0.39, 0.29) is 11.7 Å². The zero-order valence-corrected chi connectivity index (χ0v) is 17.5. The minimum Gasteiger partial charge on any atom is -0.335 e. The summed E-state index contributed by atoms with van der Waals surface area (Å²) in [6, 6.07) is 13.7. The largest absolute Gasteiger partial charge is 0.335 e. The lowest BCUT2D eigenvalue weighted by Gasteiger charge is -2.12. The molecule has 1 amide bonds. The maximum Gasteiger partial charge on any atom is 0.234 e. The number of aryl methyl sites for hydroxylation is 2. The Hall–Kier alpha value is -2.32. The van der Waals surface area contributed by atoms with Crippen molar-refractivity contribution in [2.45, 2.75) is 25.4 Å². The fraction of sp³-hybridized carbons (Fsp3) is 0.211. The van der Waals surface area contributed by atoms with E-state index in [0.29, 0.717) is 11.0 Å². The summed E-state index contributed by atoms with van der Waals surface area (Å²) >= 11 is 4.74. The third kappa shape index (κ3) is 4.33. The van der Waals surface area contributed by atoms with Crippen molar-refractivity contribution >= 4 is 39.3 Å². The van der Waals surface area contributed by atoms with Crippen molar-refractivity contribution in [3.8, 4) is 11.4 Å². The zero-order valence-electron chi connectivity index (χ0n) is 15.1. The molecule has 0 unspecified atom stereocenters. The van der Waals surface area contributed by atoms with Crippen LogP contribution < -0.4 is 11.2 Å². The van der Waals surface area contributed by atoms with Crippen LogP contribution in [-0.2, 0) is 11.2 Å². The number of carbonyl (C=O) groups excluding carboxylic acids is 1. The zero-order chi connectivity index (χ0) is 19.4. The van der Waals surface area contributed by atoms with Gasteiger partial charge in [0.05, 0.1) is 5.75 Å². The summed E-state index contributed by atoms with van der Waals surface area (Å²) < 4.78 is 2.29. The fourth-order valence-corrected chi connectivity index (χ4v) is 3.83. The number of rotatable bonds is 6. The summed E-state index contributed by atoms with van der Waals surface area (Å²) in [6.45, 7) is 4.06. The van der Waals surface area contributed by atoms with Crippen molar-refractivity contribution in [2.75, 3.05) is 16.9 Å². The molecule has 3 aromatic rings. The molecular formula is C19H20BrN5OS. The van der Waals surface area contributed by atoms with Crippen LogP contribution in [0.5, 0.6) is 0 Å². The van der Waals surface area contributed by atoms with Crippen LogP contribution in [0.3, 0.4) is 0 Å². The van der Waals surface area contributed by atoms with Gasteiger partial charge in [-0.05, 0) is 36.6 Å². The average Bonchev–Trinajstić information content (AvgIpc) is 3.02. The first-order valence-corrected chi connectivity index (χ1v) is 10.3. The lowest BCUT2D eigenvalue weighted by molar-refractivity contribution is -0.113. The minimum atomic E-state index is -0.102. The monoisotopic (exact) mass is 445 g/mol. The van der Waals surface area contributed by atoms with Gasteiger partial charge in [-0.2, -0.15) is 0 Å². The fourth-order valence-electron chi connectivity index (χ4n) is 2.71. The van der Waals surface area contributed by atoms with Gasteiger partial charge in [0.25, 0.3) is 0 Å². The van der Waals surface area contributed by atoms with Crippen LogP contribution in [0.25, 0.3) is 11.4 Å². The number of aromatic nitrogens is 3. The third-order valence-corrected chi connectivity index (χ3v) is 5.75. The molecule has 0 aliphatic carbocycles.